The van der Waals surface area contributed by atoms with Gasteiger partial charge in [-0.3, -0.25) is 9.59 Å². The maximum atomic E-state index is 12.3. The van der Waals surface area contributed by atoms with Gasteiger partial charge in [-0.15, -0.1) is 0 Å². The largest absolute Gasteiger partial charge is 0.444 e. The second-order valence-electron chi connectivity index (χ2n) is 7.97. The predicted molar refractivity (Wildman–Crippen MR) is 113 cm³/mol. The van der Waals surface area contributed by atoms with Gasteiger partial charge in [0.2, 0.25) is 5.91 Å². The molecule has 0 unspecified atom stereocenters. The summed E-state index contributed by atoms with van der Waals surface area (Å²) in [6, 6.07) is 9.98. The van der Waals surface area contributed by atoms with Gasteiger partial charge in [0.15, 0.2) is 11.5 Å². The van der Waals surface area contributed by atoms with Crippen LogP contribution in [0.15, 0.2) is 36.7 Å². The molecule has 0 aliphatic carbocycles. The minimum Gasteiger partial charge on any atom is -0.444 e. The van der Waals surface area contributed by atoms with Crippen LogP contribution in [0.4, 0.5) is 10.6 Å². The van der Waals surface area contributed by atoms with Gasteiger partial charge in [0.05, 0.1) is 6.33 Å². The van der Waals surface area contributed by atoms with Gasteiger partial charge in [0.25, 0.3) is 5.91 Å². The third kappa shape index (κ3) is 6.91. The molecular weight excluding hydrogens is 386 g/mol. The fourth-order valence-electron chi connectivity index (χ4n) is 2.79. The van der Waals surface area contributed by atoms with Gasteiger partial charge in [0.1, 0.15) is 12.1 Å². The highest BCUT2D eigenvalue weighted by Crippen LogP contribution is 2.15. The van der Waals surface area contributed by atoms with Crippen LogP contribution in [0.1, 0.15) is 43.2 Å². The van der Waals surface area contributed by atoms with E-state index in [4.69, 9.17) is 10.5 Å². The molecule has 0 bridgehead atoms. The lowest BCUT2D eigenvalue weighted by Gasteiger charge is -2.24. The third-order valence-corrected chi connectivity index (χ3v) is 4.12. The Kier molecular flexibility index (Phi) is 7.57. The average molecular weight is 415 g/mol. The number of hydrogen-bond acceptors (Lipinski definition) is 5. The number of carbonyl (C=O) groups excluding carboxylic acids is 3. The summed E-state index contributed by atoms with van der Waals surface area (Å²) in [6.07, 6.45) is 2.45. The lowest BCUT2D eigenvalue weighted by molar-refractivity contribution is -0.117. The molecule has 2 rings (SSSR count). The molecule has 0 radical (unpaired) electrons. The first-order chi connectivity index (χ1) is 14.1. The number of anilines is 1. The van der Waals surface area contributed by atoms with E-state index in [0.717, 1.165) is 17.7 Å². The van der Waals surface area contributed by atoms with Gasteiger partial charge in [-0.1, -0.05) is 30.3 Å². The molecule has 0 saturated carbocycles. The second kappa shape index (κ2) is 9.91. The fourth-order valence-corrected chi connectivity index (χ4v) is 2.79. The van der Waals surface area contributed by atoms with Crippen molar-refractivity contribution in [3.05, 3.63) is 47.9 Å². The Morgan fingerprint density at radius 3 is 2.47 bits per heavy atom. The molecule has 3 amide bonds. The number of ether oxygens (including phenoxy) is 1. The highest BCUT2D eigenvalue weighted by molar-refractivity contribution is 6.01. The fraction of sp³-hybridized carbons (Fsp3) is 0.429. The number of nitrogens with two attached hydrogens (primary N) is 1. The van der Waals surface area contributed by atoms with Crippen LogP contribution in [0.2, 0.25) is 0 Å². The molecule has 1 heterocycles. The number of nitrogens with zero attached hydrogens (tertiary/aromatic N) is 3. The van der Waals surface area contributed by atoms with Crippen LogP contribution in [-0.4, -0.2) is 51.6 Å². The molecule has 30 heavy (non-hydrogen) atoms. The minimum atomic E-state index is -0.692. The van der Waals surface area contributed by atoms with Gasteiger partial charge in [-0.05, 0) is 39.2 Å². The molecule has 1 aromatic carbocycles. The number of imidazole rings is 1. The Bertz CT molecular complexity index is 887. The molecule has 1 aromatic heterocycles. The first-order valence-corrected chi connectivity index (χ1v) is 9.69. The molecule has 162 valence electrons. The highest BCUT2D eigenvalue weighted by atomic mass is 16.6. The SMILES string of the molecule is CN(CC(=O)Nc1ncn(CCCc2ccccc2)c1C(N)=O)C(=O)OC(C)(C)C. The normalized spacial score (nSPS) is 11.1. The maximum absolute atomic E-state index is 12.3. The van der Waals surface area contributed by atoms with Crippen molar-refractivity contribution in [1.29, 1.82) is 0 Å². The first kappa shape index (κ1) is 22.9. The molecule has 9 nitrogen and oxygen atoms in total. The maximum Gasteiger partial charge on any atom is 0.410 e. The van der Waals surface area contributed by atoms with E-state index in [-0.39, 0.29) is 18.1 Å². The van der Waals surface area contributed by atoms with Crippen molar-refractivity contribution in [1.82, 2.24) is 14.5 Å². The van der Waals surface area contributed by atoms with Crippen LogP contribution in [0.25, 0.3) is 0 Å². The number of likely N-dealkylation sites (N-methyl/N-ethyl adjacent to an activating group) is 1. The second-order valence-corrected chi connectivity index (χ2v) is 7.97. The van der Waals surface area contributed by atoms with E-state index in [9.17, 15) is 14.4 Å². The van der Waals surface area contributed by atoms with Gasteiger partial charge >= 0.3 is 6.09 Å². The van der Waals surface area contributed by atoms with Crippen LogP contribution in [0, 0.1) is 0 Å². The number of aromatic nitrogens is 2. The standard InChI is InChI=1S/C21H29N5O4/c1-21(2,3)30-20(29)25(4)13-16(27)24-19-17(18(22)28)26(14-23-19)12-8-11-15-9-6-5-7-10-15/h5-7,9-10,14H,8,11-13H2,1-4H3,(H2,22,28)(H,24,27). The Morgan fingerprint density at radius 2 is 1.87 bits per heavy atom. The summed E-state index contributed by atoms with van der Waals surface area (Å²) in [4.78, 5) is 41.5. The molecule has 9 heteroatoms. The number of amides is 3. The summed E-state index contributed by atoms with van der Waals surface area (Å²) in [5.74, 6) is -1.13. The number of rotatable bonds is 8. The summed E-state index contributed by atoms with van der Waals surface area (Å²) < 4.78 is 6.83. The lowest BCUT2D eigenvalue weighted by Crippen LogP contribution is -2.39. The van der Waals surface area contributed by atoms with E-state index in [2.05, 4.69) is 10.3 Å². The van der Waals surface area contributed by atoms with E-state index >= 15 is 0 Å². The summed E-state index contributed by atoms with van der Waals surface area (Å²) in [5.41, 5.74) is 6.15. The monoisotopic (exact) mass is 415 g/mol. The van der Waals surface area contributed by atoms with Crippen molar-refractivity contribution in [2.75, 3.05) is 18.9 Å². The number of aryl methyl sites for hydroxylation is 2. The molecular formula is C21H29N5O4. The van der Waals surface area contributed by atoms with Crippen molar-refractivity contribution in [2.45, 2.75) is 45.8 Å². The third-order valence-electron chi connectivity index (χ3n) is 4.12. The minimum absolute atomic E-state index is 0.0739. The van der Waals surface area contributed by atoms with E-state index in [1.165, 1.54) is 18.9 Å². The zero-order chi connectivity index (χ0) is 22.3. The lowest BCUT2D eigenvalue weighted by atomic mass is 10.1. The summed E-state index contributed by atoms with van der Waals surface area (Å²) in [6.45, 7) is 5.48. The number of benzene rings is 1. The molecule has 0 fully saturated rings. The summed E-state index contributed by atoms with van der Waals surface area (Å²) in [5, 5.41) is 2.55. The van der Waals surface area contributed by atoms with Crippen molar-refractivity contribution in [3.8, 4) is 0 Å². The number of carbonyl (C=O) groups is 3. The number of hydrogen-bond donors (Lipinski definition) is 2. The van der Waals surface area contributed by atoms with Crippen molar-refractivity contribution < 1.29 is 19.1 Å². The number of primary amides is 1. The van der Waals surface area contributed by atoms with Gasteiger partial charge in [-0.2, -0.15) is 0 Å². The average Bonchev–Trinajstić information content (AvgIpc) is 3.03. The zero-order valence-electron chi connectivity index (χ0n) is 17.8. The van der Waals surface area contributed by atoms with Crippen LogP contribution >= 0.6 is 0 Å². The molecule has 0 aliphatic heterocycles. The first-order valence-electron chi connectivity index (χ1n) is 9.69. The van der Waals surface area contributed by atoms with E-state index in [1.807, 2.05) is 30.3 Å². The molecule has 0 spiro atoms. The van der Waals surface area contributed by atoms with Crippen LogP contribution in [-0.2, 0) is 22.5 Å². The molecule has 0 atom stereocenters. The smallest absolute Gasteiger partial charge is 0.410 e. The summed E-state index contributed by atoms with van der Waals surface area (Å²) >= 11 is 0. The Morgan fingerprint density at radius 1 is 1.20 bits per heavy atom. The van der Waals surface area contributed by atoms with E-state index in [1.54, 1.807) is 25.3 Å². The Labute approximate surface area is 176 Å². The van der Waals surface area contributed by atoms with Crippen molar-refractivity contribution >= 4 is 23.7 Å². The van der Waals surface area contributed by atoms with Gasteiger partial charge < -0.3 is 25.3 Å². The Balaban J connectivity index is 1.97. The predicted octanol–water partition coefficient (Wildman–Crippen LogP) is 2.42. The van der Waals surface area contributed by atoms with Crippen LogP contribution < -0.4 is 11.1 Å². The molecule has 0 saturated heterocycles. The topological polar surface area (TPSA) is 120 Å². The van der Waals surface area contributed by atoms with Crippen LogP contribution in [0.5, 0.6) is 0 Å². The van der Waals surface area contributed by atoms with Gasteiger partial charge in [-0.25, -0.2) is 9.78 Å². The number of nitrogens with one attached hydrogen (secondary N) is 1. The Hall–Kier alpha value is -3.36. The molecule has 0 aliphatic rings. The summed E-state index contributed by atoms with van der Waals surface area (Å²) in [7, 11) is 1.45. The van der Waals surface area contributed by atoms with Crippen molar-refractivity contribution in [2.24, 2.45) is 5.73 Å². The quantitative estimate of drug-likeness (QED) is 0.686. The molecule has 3 N–H and O–H groups in total. The van der Waals surface area contributed by atoms with E-state index in [0.29, 0.717) is 6.54 Å². The molecule has 2 aromatic rings. The van der Waals surface area contributed by atoms with Crippen molar-refractivity contribution in [3.63, 3.8) is 0 Å². The van der Waals surface area contributed by atoms with Crippen LogP contribution in [0.3, 0.4) is 0 Å². The van der Waals surface area contributed by atoms with Gasteiger partial charge in [0, 0.05) is 13.6 Å². The zero-order valence-corrected chi connectivity index (χ0v) is 17.8. The van der Waals surface area contributed by atoms with E-state index < -0.39 is 23.5 Å². The highest BCUT2D eigenvalue weighted by Gasteiger charge is 2.23.